The van der Waals surface area contributed by atoms with E-state index >= 15 is 0 Å². The predicted octanol–water partition coefficient (Wildman–Crippen LogP) is 7.08. The summed E-state index contributed by atoms with van der Waals surface area (Å²) in [4.78, 5) is 0. The third-order valence-electron chi connectivity index (χ3n) is 6.11. The molecule has 0 heterocycles. The van der Waals surface area contributed by atoms with Crippen molar-refractivity contribution < 1.29 is 16.9 Å². The first-order chi connectivity index (χ1) is 14.9. The van der Waals surface area contributed by atoms with Crippen LogP contribution in [0, 0.1) is 12.3 Å². The lowest BCUT2D eigenvalue weighted by molar-refractivity contribution is -0.940. The van der Waals surface area contributed by atoms with Gasteiger partial charge in [-0.3, -0.25) is 4.48 Å². The molecule has 1 unspecified atom stereocenters. The maximum absolute atomic E-state index is 6.59. The summed E-state index contributed by atoms with van der Waals surface area (Å²) in [6.07, 6.45) is 21.3. The molecule has 0 fully saturated rings. The highest BCUT2D eigenvalue weighted by molar-refractivity contribution is 14.1. The number of quaternary nitrogens is 1. The van der Waals surface area contributed by atoms with Gasteiger partial charge in [0.15, 0.2) is 0 Å². The summed E-state index contributed by atoms with van der Waals surface area (Å²) in [7, 11) is 0. The van der Waals surface area contributed by atoms with Gasteiger partial charge in [-0.25, -0.2) is 0 Å². The lowest BCUT2D eigenvalue weighted by atomic mass is 10.1. The maximum atomic E-state index is 6.59. The van der Waals surface area contributed by atoms with Crippen molar-refractivity contribution in [2.45, 2.75) is 101 Å². The predicted molar refractivity (Wildman–Crippen MR) is 149 cm³/mol. The monoisotopic (exact) mass is 633 g/mol. The number of terminal acetylenes is 1. The second-order valence-corrected chi connectivity index (χ2v) is 11.1. The summed E-state index contributed by atoms with van der Waals surface area (Å²) < 4.78 is 0.936. The van der Waals surface area contributed by atoms with Gasteiger partial charge in [-0.2, -0.15) is 0 Å². The summed E-state index contributed by atoms with van der Waals surface area (Å²) in [5.41, 5.74) is 0.974. The fourth-order valence-electron chi connectivity index (χ4n) is 4.19. The van der Waals surface area contributed by atoms with E-state index in [0.29, 0.717) is 15.1 Å². The zero-order valence-electron chi connectivity index (χ0n) is 19.8. The van der Waals surface area contributed by atoms with Crippen LogP contribution in [0.3, 0.4) is 0 Å². The van der Waals surface area contributed by atoms with Gasteiger partial charge in [0.05, 0.1) is 23.1 Å². The lowest BCUT2D eigenvalue weighted by Gasteiger charge is -2.41. The molecule has 6 heteroatoms. The van der Waals surface area contributed by atoms with E-state index in [2.05, 4.69) is 42.4 Å². The van der Waals surface area contributed by atoms with Gasteiger partial charge < -0.3 is 12.4 Å². The number of unbranched alkanes of at least 4 members (excludes halogenated alkanes) is 10. The van der Waals surface area contributed by atoms with E-state index in [1.165, 1.54) is 77.0 Å². The van der Waals surface area contributed by atoms with E-state index in [9.17, 15) is 0 Å². The molecule has 32 heavy (non-hydrogen) atoms. The van der Waals surface area contributed by atoms with Crippen molar-refractivity contribution in [3.8, 4) is 12.3 Å². The first kappa shape index (κ1) is 32.6. The van der Waals surface area contributed by atoms with Crippen LogP contribution in [-0.4, -0.2) is 21.6 Å². The van der Waals surface area contributed by atoms with Crippen molar-refractivity contribution in [1.82, 2.24) is 0 Å². The maximum Gasteiger partial charge on any atom is 0.200 e. The summed E-state index contributed by atoms with van der Waals surface area (Å²) in [6, 6.07) is 3.60. The average Bonchev–Trinajstić information content (AvgIpc) is 2.74. The number of halogens is 5. The van der Waals surface area contributed by atoms with Gasteiger partial charge in [-0.05, 0) is 43.7 Å². The topological polar surface area (TPSA) is 0 Å². The molecule has 1 rings (SSSR count). The molecule has 1 atom stereocenters. The van der Waals surface area contributed by atoms with E-state index in [1.54, 1.807) is 12.1 Å². The van der Waals surface area contributed by atoms with E-state index in [4.69, 9.17) is 41.2 Å². The Balaban J connectivity index is 0.00000961. The Morgan fingerprint density at radius 1 is 0.812 bits per heavy atom. The van der Waals surface area contributed by atoms with Crippen LogP contribution in [-0.2, 0) is 6.54 Å². The van der Waals surface area contributed by atoms with Crippen LogP contribution in [0.4, 0.5) is 0 Å². The number of alkyl halides is 1. The molecular weight excluding hydrogens is 595 g/mol. The number of nitrogens with zero attached hydrogens (tertiary/aromatic N) is 1. The molecule has 0 spiro atoms. The SMILES string of the molecule is C#CC(I)[N+](CCCCCCCC)(CCCCCCCC)Cc1c(Cl)cc(Cl)cc1Cl.[Cl-]. The summed E-state index contributed by atoms with van der Waals surface area (Å²) in [5.74, 6) is 3.05. The molecule has 0 aromatic heterocycles. The number of hydrogen-bond donors (Lipinski definition) is 0. The smallest absolute Gasteiger partial charge is 0.200 e. The van der Waals surface area contributed by atoms with Crippen LogP contribution in [0.1, 0.15) is 96.5 Å². The van der Waals surface area contributed by atoms with Gasteiger partial charge in [0.2, 0.25) is 4.05 Å². The number of benzene rings is 1. The van der Waals surface area contributed by atoms with Crippen LogP contribution < -0.4 is 12.4 Å². The molecule has 0 aliphatic rings. The van der Waals surface area contributed by atoms with Crippen molar-refractivity contribution in [3.63, 3.8) is 0 Å². The Labute approximate surface area is 232 Å². The zero-order chi connectivity index (χ0) is 23.1. The minimum absolute atomic E-state index is 0. The quantitative estimate of drug-likeness (QED) is 0.0429. The van der Waals surface area contributed by atoms with Crippen LogP contribution in [0.25, 0.3) is 0 Å². The Hall–Kier alpha value is 0.630. The van der Waals surface area contributed by atoms with E-state index < -0.39 is 0 Å². The molecule has 0 N–H and O–H groups in total. The van der Waals surface area contributed by atoms with E-state index in [1.807, 2.05) is 0 Å². The average molecular weight is 635 g/mol. The highest BCUT2D eigenvalue weighted by Crippen LogP contribution is 2.35. The Morgan fingerprint density at radius 2 is 1.22 bits per heavy atom. The molecule has 1 nitrogen and oxygen atoms in total. The molecule has 0 amide bonds. The number of hydrogen-bond acceptors (Lipinski definition) is 0. The molecule has 0 radical (unpaired) electrons. The lowest BCUT2D eigenvalue weighted by Crippen LogP contribution is -3.00. The van der Waals surface area contributed by atoms with Gasteiger partial charge in [0.1, 0.15) is 6.54 Å². The highest BCUT2D eigenvalue weighted by atomic mass is 127. The summed E-state index contributed by atoms with van der Waals surface area (Å²) in [6.45, 7) is 7.41. The van der Waals surface area contributed by atoms with Crippen LogP contribution >= 0.6 is 57.4 Å². The molecule has 0 saturated carbocycles. The van der Waals surface area contributed by atoms with Crippen molar-refractivity contribution in [2.24, 2.45) is 0 Å². The standard InChI is InChI=1S/C26H40Cl3IN.ClH/c1-4-7-9-11-13-15-17-31(26(30)6-3,18-16-14-12-10-8-5-2)21-23-24(28)19-22(27)20-25(23)29;/h3,19-20,26H,4-5,7-18,21H2,1-2H3;1H/q+1;/p-1. The second-order valence-electron chi connectivity index (χ2n) is 8.71. The fraction of sp³-hybridized carbons (Fsp3) is 0.692. The Kier molecular flexibility index (Phi) is 19.3. The third kappa shape index (κ3) is 11.9. The molecule has 1 aromatic carbocycles. The normalized spacial score (nSPS) is 12.3. The summed E-state index contributed by atoms with van der Waals surface area (Å²) >= 11 is 21.8. The molecule has 184 valence electrons. The molecule has 1 aromatic rings. The highest BCUT2D eigenvalue weighted by Gasteiger charge is 2.35. The van der Waals surface area contributed by atoms with Gasteiger partial charge >= 0.3 is 0 Å². The van der Waals surface area contributed by atoms with E-state index in [-0.39, 0.29) is 16.5 Å². The van der Waals surface area contributed by atoms with Crippen molar-refractivity contribution >= 4 is 57.4 Å². The minimum atomic E-state index is 0. The molecule has 0 aliphatic carbocycles. The number of rotatable bonds is 17. The Morgan fingerprint density at radius 3 is 1.62 bits per heavy atom. The third-order valence-corrected chi connectivity index (χ3v) is 8.55. The second kappa shape index (κ2) is 18.9. The molecular formula is C26H40Cl4IN. The van der Waals surface area contributed by atoms with Gasteiger partial charge in [0.25, 0.3) is 0 Å². The summed E-state index contributed by atoms with van der Waals surface area (Å²) in [5, 5.41) is 1.87. The molecule has 0 bridgehead atoms. The molecule has 0 saturated heterocycles. The van der Waals surface area contributed by atoms with Gasteiger partial charge in [-0.15, -0.1) is 6.42 Å². The van der Waals surface area contributed by atoms with E-state index in [0.717, 1.165) is 29.7 Å². The fourth-order valence-corrected chi connectivity index (χ4v) is 5.88. The molecule has 0 aliphatic heterocycles. The minimum Gasteiger partial charge on any atom is -1.00 e. The van der Waals surface area contributed by atoms with Gasteiger partial charge in [-0.1, -0.05) is 100 Å². The van der Waals surface area contributed by atoms with Crippen LogP contribution in [0.5, 0.6) is 0 Å². The zero-order valence-corrected chi connectivity index (χ0v) is 24.9. The first-order valence-corrected chi connectivity index (χ1v) is 14.4. The van der Waals surface area contributed by atoms with Crippen molar-refractivity contribution in [2.75, 3.05) is 13.1 Å². The largest absolute Gasteiger partial charge is 1.00 e. The van der Waals surface area contributed by atoms with Gasteiger partial charge in [0, 0.05) is 33.2 Å². The first-order valence-electron chi connectivity index (χ1n) is 12.0. The van der Waals surface area contributed by atoms with Crippen molar-refractivity contribution in [1.29, 1.82) is 0 Å². The van der Waals surface area contributed by atoms with Crippen LogP contribution in [0.2, 0.25) is 15.1 Å². The van der Waals surface area contributed by atoms with Crippen molar-refractivity contribution in [3.05, 3.63) is 32.8 Å². The van der Waals surface area contributed by atoms with Crippen LogP contribution in [0.15, 0.2) is 12.1 Å². The Bertz CT molecular complexity index is 635.